The van der Waals surface area contributed by atoms with Crippen LogP contribution in [0.25, 0.3) is 0 Å². The van der Waals surface area contributed by atoms with Crippen LogP contribution < -0.4 is 5.32 Å². The lowest BCUT2D eigenvalue weighted by atomic mass is 9.81. The molecule has 8 heteroatoms. The van der Waals surface area contributed by atoms with Crippen LogP contribution >= 0.6 is 22.6 Å². The van der Waals surface area contributed by atoms with Gasteiger partial charge in [0.2, 0.25) is 5.91 Å². The first kappa shape index (κ1) is 16.1. The molecular formula is C10H18INO6. The van der Waals surface area contributed by atoms with Crippen LogP contribution in [0.1, 0.15) is 20.8 Å². The third kappa shape index (κ3) is 2.94. The first-order chi connectivity index (χ1) is 8.00. The normalized spacial score (nSPS) is 46.6. The van der Waals surface area contributed by atoms with Crippen LogP contribution in [0.2, 0.25) is 0 Å². The highest BCUT2D eigenvalue weighted by molar-refractivity contribution is 14.1. The van der Waals surface area contributed by atoms with Crippen LogP contribution in [-0.2, 0) is 9.53 Å². The van der Waals surface area contributed by atoms with Gasteiger partial charge in [-0.1, -0.05) is 0 Å². The van der Waals surface area contributed by atoms with Gasteiger partial charge in [-0.05, 0) is 36.4 Å². The van der Waals surface area contributed by atoms with Crippen molar-refractivity contribution in [1.29, 1.82) is 0 Å². The van der Waals surface area contributed by atoms with Crippen molar-refractivity contribution in [3.05, 3.63) is 0 Å². The van der Waals surface area contributed by atoms with E-state index in [1.807, 2.05) is 0 Å². The Kier molecular flexibility index (Phi) is 4.62. The smallest absolute Gasteiger partial charge is 0.217 e. The van der Waals surface area contributed by atoms with Crippen molar-refractivity contribution in [1.82, 2.24) is 5.32 Å². The summed E-state index contributed by atoms with van der Waals surface area (Å²) in [6, 6.07) is -1.20. The van der Waals surface area contributed by atoms with Crippen LogP contribution in [0, 0.1) is 0 Å². The largest absolute Gasteiger partial charge is 0.388 e. The molecule has 0 aromatic rings. The predicted octanol–water partition coefficient (Wildman–Crippen LogP) is -1.54. The van der Waals surface area contributed by atoms with Gasteiger partial charge in [0.15, 0.2) is 5.79 Å². The highest BCUT2D eigenvalue weighted by Gasteiger charge is 2.58. The molecule has 1 aliphatic heterocycles. The van der Waals surface area contributed by atoms with E-state index in [1.54, 1.807) is 22.6 Å². The summed E-state index contributed by atoms with van der Waals surface area (Å²) in [5, 5.41) is 42.2. The Balaban J connectivity index is 3.07. The molecule has 0 aromatic heterocycles. The number of aliphatic hydroxyl groups excluding tert-OH is 2. The van der Waals surface area contributed by atoms with Crippen LogP contribution in [0.5, 0.6) is 0 Å². The number of amides is 1. The fraction of sp³-hybridized carbons (Fsp3) is 0.900. The summed E-state index contributed by atoms with van der Waals surface area (Å²) in [5.41, 5.74) is -1.81. The first-order valence-corrected chi connectivity index (χ1v) is 6.64. The summed E-state index contributed by atoms with van der Waals surface area (Å²) in [7, 11) is 0. The molecular weight excluding hydrogens is 357 g/mol. The van der Waals surface area contributed by atoms with Crippen LogP contribution in [0.4, 0.5) is 0 Å². The van der Waals surface area contributed by atoms with Crippen LogP contribution in [0.3, 0.4) is 0 Å². The van der Waals surface area contributed by atoms with E-state index < -0.39 is 39.7 Å². The summed E-state index contributed by atoms with van der Waals surface area (Å²) in [6.45, 7) is 3.74. The van der Waals surface area contributed by atoms with Crippen molar-refractivity contribution in [3.8, 4) is 0 Å². The van der Waals surface area contributed by atoms with E-state index in [9.17, 15) is 25.2 Å². The Morgan fingerprint density at radius 2 is 1.94 bits per heavy atom. The second-order valence-electron chi connectivity index (χ2n) is 4.81. The van der Waals surface area contributed by atoms with Gasteiger partial charge >= 0.3 is 0 Å². The van der Waals surface area contributed by atoms with Gasteiger partial charge in [-0.15, -0.1) is 0 Å². The minimum absolute atomic E-state index is 0.479. The van der Waals surface area contributed by atoms with E-state index in [4.69, 9.17) is 4.74 Å². The van der Waals surface area contributed by atoms with Crippen LogP contribution in [-0.4, -0.2) is 60.1 Å². The fourth-order valence-electron chi connectivity index (χ4n) is 2.01. The van der Waals surface area contributed by atoms with Crippen molar-refractivity contribution >= 4 is 28.5 Å². The maximum atomic E-state index is 11.1. The van der Waals surface area contributed by atoms with Gasteiger partial charge in [0.25, 0.3) is 0 Å². The molecule has 0 aromatic carbocycles. The number of halogens is 1. The maximum Gasteiger partial charge on any atom is 0.217 e. The summed E-state index contributed by atoms with van der Waals surface area (Å²) in [4.78, 5) is 11.1. The summed E-state index contributed by atoms with van der Waals surface area (Å²) < 4.78 is 4.08. The average molecular weight is 375 g/mol. The van der Waals surface area contributed by atoms with Gasteiger partial charge in [-0.2, -0.15) is 0 Å². The van der Waals surface area contributed by atoms with E-state index in [0.29, 0.717) is 0 Å². The maximum absolute atomic E-state index is 11.1. The number of carbonyl (C=O) groups is 1. The summed E-state index contributed by atoms with van der Waals surface area (Å²) in [5.74, 6) is -2.38. The van der Waals surface area contributed by atoms with Gasteiger partial charge in [0.1, 0.15) is 28.0 Å². The molecule has 106 valence electrons. The van der Waals surface area contributed by atoms with Crippen molar-refractivity contribution in [2.24, 2.45) is 0 Å². The number of rotatable bonds is 2. The van der Waals surface area contributed by atoms with Crippen molar-refractivity contribution in [3.63, 3.8) is 0 Å². The molecule has 1 saturated heterocycles. The highest BCUT2D eigenvalue weighted by Crippen LogP contribution is 2.37. The molecule has 2 unspecified atom stereocenters. The first-order valence-electron chi connectivity index (χ1n) is 5.40. The molecule has 1 amide bonds. The van der Waals surface area contributed by atoms with E-state index in [0.717, 1.165) is 0 Å². The van der Waals surface area contributed by atoms with Gasteiger partial charge in [0.05, 0.1) is 0 Å². The summed E-state index contributed by atoms with van der Waals surface area (Å²) >= 11 is 1.61. The molecule has 7 nitrogen and oxygen atoms in total. The molecule has 0 bridgehead atoms. The Labute approximate surface area is 118 Å². The molecule has 1 heterocycles. The topological polar surface area (TPSA) is 119 Å². The second-order valence-corrected chi connectivity index (χ2v) is 6.09. The number of hydrogen-bond donors (Lipinski definition) is 5. The van der Waals surface area contributed by atoms with Gasteiger partial charge in [0, 0.05) is 6.92 Å². The van der Waals surface area contributed by atoms with E-state index >= 15 is 0 Å². The molecule has 1 aliphatic rings. The lowest BCUT2D eigenvalue weighted by molar-refractivity contribution is -0.336. The van der Waals surface area contributed by atoms with Crippen LogP contribution in [0.15, 0.2) is 0 Å². The molecule has 1 rings (SSSR count). The molecule has 0 aliphatic carbocycles. The molecule has 1 fully saturated rings. The quantitative estimate of drug-likeness (QED) is 0.295. The fourth-order valence-corrected chi connectivity index (χ4v) is 2.89. The molecule has 0 saturated carbocycles. The van der Waals surface area contributed by atoms with E-state index in [1.165, 1.54) is 20.8 Å². The number of ether oxygens (including phenoxy) is 1. The summed E-state index contributed by atoms with van der Waals surface area (Å²) in [6.07, 6.45) is -2.67. The predicted molar refractivity (Wildman–Crippen MR) is 69.8 cm³/mol. The lowest BCUT2D eigenvalue weighted by Gasteiger charge is -2.51. The Bertz CT molecular complexity index is 332. The monoisotopic (exact) mass is 375 g/mol. The second kappa shape index (κ2) is 5.17. The van der Waals surface area contributed by atoms with E-state index in [-0.39, 0.29) is 0 Å². The average Bonchev–Trinajstić information content (AvgIpc) is 2.19. The minimum atomic E-state index is -1.90. The molecule has 5 N–H and O–H groups in total. The van der Waals surface area contributed by atoms with Gasteiger partial charge < -0.3 is 30.5 Å². The standard InChI is InChI=1S/C10H18INO6/c1-4(13)12-5-6(14)9(2,16)7(8(11)15)18-10(5,3)17/h5-8,14-17H,1-3H3,(H,12,13)/t5-,6-,7-,8?,9+,10?/m1/s1. The third-order valence-corrected chi connectivity index (χ3v) is 3.69. The zero-order chi connectivity index (χ0) is 14.3. The molecule has 18 heavy (non-hydrogen) atoms. The zero-order valence-electron chi connectivity index (χ0n) is 10.3. The molecule has 6 atom stereocenters. The number of carbonyl (C=O) groups excluding carboxylic acids is 1. The zero-order valence-corrected chi connectivity index (χ0v) is 12.5. The van der Waals surface area contributed by atoms with Gasteiger partial charge in [-0.3, -0.25) is 4.79 Å². The van der Waals surface area contributed by atoms with Crippen molar-refractivity contribution < 1.29 is 30.0 Å². The van der Waals surface area contributed by atoms with E-state index in [2.05, 4.69) is 5.32 Å². The third-order valence-electron chi connectivity index (χ3n) is 3.04. The lowest BCUT2D eigenvalue weighted by Crippen LogP contribution is -2.74. The highest BCUT2D eigenvalue weighted by atomic mass is 127. The molecule has 0 radical (unpaired) electrons. The number of nitrogens with one attached hydrogen (secondary N) is 1. The Hall–Kier alpha value is -0.000000000000000153. The van der Waals surface area contributed by atoms with Crippen molar-refractivity contribution in [2.75, 3.05) is 0 Å². The Morgan fingerprint density at radius 1 is 1.44 bits per heavy atom. The number of hydrogen-bond acceptors (Lipinski definition) is 6. The number of alkyl halides is 1. The minimum Gasteiger partial charge on any atom is -0.388 e. The van der Waals surface area contributed by atoms with Crippen molar-refractivity contribution in [2.45, 2.75) is 54.5 Å². The number of aliphatic hydroxyl groups is 4. The van der Waals surface area contributed by atoms with Gasteiger partial charge in [-0.25, -0.2) is 0 Å². The SMILES string of the molecule is CC(=O)N[C@@H]1[C@@H](O)[C@](C)(O)[C@@H](C(O)I)OC1(C)O. The molecule has 0 spiro atoms. The Morgan fingerprint density at radius 3 is 2.33 bits per heavy atom.